The number of nitrogens with two attached hydrogens (primary N) is 1. The monoisotopic (exact) mass is 259 g/mol. The van der Waals surface area contributed by atoms with Crippen molar-refractivity contribution in [3.05, 3.63) is 28.2 Å². The molecular weight excluding hydrogens is 246 g/mol. The zero-order valence-corrected chi connectivity index (χ0v) is 9.62. The van der Waals surface area contributed by atoms with Crippen LogP contribution in [0, 0.1) is 6.92 Å². The van der Waals surface area contributed by atoms with Gasteiger partial charge in [-0.3, -0.25) is 0 Å². The lowest BCUT2D eigenvalue weighted by Crippen LogP contribution is -2.26. The highest BCUT2D eigenvalue weighted by molar-refractivity contribution is 9.10. The maximum Gasteiger partial charge on any atom is 0.123 e. The Hall–Kier alpha value is -0.580. The summed E-state index contributed by atoms with van der Waals surface area (Å²) >= 11 is 3.35. The summed E-state index contributed by atoms with van der Waals surface area (Å²) in [4.78, 5) is 0. The molecule has 1 aromatic rings. The molecule has 0 aliphatic carbocycles. The molecule has 0 aliphatic heterocycles. The Bertz CT molecular complexity index is 304. The molecule has 1 unspecified atom stereocenters. The van der Waals surface area contributed by atoms with Crippen LogP contribution < -0.4 is 10.5 Å². The lowest BCUT2D eigenvalue weighted by molar-refractivity contribution is 0.114. The summed E-state index contributed by atoms with van der Waals surface area (Å²) in [5.41, 5.74) is 6.30. The molecule has 0 saturated heterocycles. The third kappa shape index (κ3) is 3.29. The highest BCUT2D eigenvalue weighted by Crippen LogP contribution is 2.22. The third-order valence-electron chi connectivity index (χ3n) is 1.85. The zero-order chi connectivity index (χ0) is 10.6. The number of aliphatic hydroxyl groups is 1. The second-order valence-electron chi connectivity index (χ2n) is 3.11. The van der Waals surface area contributed by atoms with Gasteiger partial charge in [0, 0.05) is 11.0 Å². The Labute approximate surface area is 92.0 Å². The first kappa shape index (κ1) is 11.5. The molecule has 3 nitrogen and oxygen atoms in total. The molecule has 0 spiro atoms. The van der Waals surface area contributed by atoms with Crippen LogP contribution >= 0.6 is 15.9 Å². The fourth-order valence-electron chi connectivity index (χ4n) is 0.983. The number of rotatable bonds is 4. The minimum absolute atomic E-state index is 0.215. The van der Waals surface area contributed by atoms with Gasteiger partial charge in [-0.15, -0.1) is 0 Å². The van der Waals surface area contributed by atoms with Crippen LogP contribution in [0.1, 0.15) is 5.56 Å². The van der Waals surface area contributed by atoms with Gasteiger partial charge < -0.3 is 15.6 Å². The van der Waals surface area contributed by atoms with E-state index < -0.39 is 6.10 Å². The first-order valence-electron chi connectivity index (χ1n) is 4.40. The van der Waals surface area contributed by atoms with Gasteiger partial charge in [-0.05, 0) is 24.6 Å². The second-order valence-corrected chi connectivity index (χ2v) is 4.03. The number of halogens is 1. The van der Waals surface area contributed by atoms with E-state index in [-0.39, 0.29) is 13.2 Å². The Morgan fingerprint density at radius 3 is 2.93 bits per heavy atom. The van der Waals surface area contributed by atoms with Crippen LogP contribution in [0.4, 0.5) is 0 Å². The predicted octanol–water partition coefficient (Wildman–Crippen LogP) is 1.46. The van der Waals surface area contributed by atoms with Gasteiger partial charge >= 0.3 is 0 Å². The Morgan fingerprint density at radius 2 is 2.29 bits per heavy atom. The van der Waals surface area contributed by atoms with Crippen molar-refractivity contribution >= 4 is 15.9 Å². The van der Waals surface area contributed by atoms with E-state index >= 15 is 0 Å². The van der Waals surface area contributed by atoms with Crippen molar-refractivity contribution in [3.63, 3.8) is 0 Å². The SMILES string of the molecule is Cc1ccc(Br)cc1OCC(O)CN. The molecule has 3 N–H and O–H groups in total. The molecule has 0 aliphatic rings. The van der Waals surface area contributed by atoms with Crippen LogP contribution in [-0.2, 0) is 0 Å². The van der Waals surface area contributed by atoms with E-state index in [1.165, 1.54) is 0 Å². The lowest BCUT2D eigenvalue weighted by Gasteiger charge is -2.12. The Balaban J connectivity index is 2.62. The summed E-state index contributed by atoms with van der Waals surface area (Å²) in [6.07, 6.45) is -0.603. The first-order chi connectivity index (χ1) is 6.63. The van der Waals surface area contributed by atoms with E-state index in [0.717, 1.165) is 15.8 Å². The van der Waals surface area contributed by atoms with Crippen molar-refractivity contribution < 1.29 is 9.84 Å². The maximum atomic E-state index is 9.22. The van der Waals surface area contributed by atoms with Crippen molar-refractivity contribution in [1.29, 1.82) is 0 Å². The van der Waals surface area contributed by atoms with Gasteiger partial charge in [-0.25, -0.2) is 0 Å². The molecule has 0 radical (unpaired) electrons. The average Bonchev–Trinajstić information content (AvgIpc) is 2.19. The summed E-state index contributed by atoms with van der Waals surface area (Å²) in [5, 5.41) is 9.22. The summed E-state index contributed by atoms with van der Waals surface area (Å²) in [5.74, 6) is 0.770. The molecule has 1 aromatic carbocycles. The molecule has 0 saturated carbocycles. The molecule has 0 heterocycles. The fraction of sp³-hybridized carbons (Fsp3) is 0.400. The largest absolute Gasteiger partial charge is 0.491 e. The molecule has 78 valence electrons. The molecule has 1 rings (SSSR count). The number of hydrogen-bond acceptors (Lipinski definition) is 3. The van der Waals surface area contributed by atoms with Crippen molar-refractivity contribution in [2.24, 2.45) is 5.73 Å². The third-order valence-corrected chi connectivity index (χ3v) is 2.35. The van der Waals surface area contributed by atoms with E-state index in [0.29, 0.717) is 0 Å². The van der Waals surface area contributed by atoms with E-state index in [1.54, 1.807) is 0 Å². The van der Waals surface area contributed by atoms with Gasteiger partial charge in [0.15, 0.2) is 0 Å². The van der Waals surface area contributed by atoms with Crippen molar-refractivity contribution in [2.75, 3.05) is 13.2 Å². The lowest BCUT2D eigenvalue weighted by atomic mass is 10.2. The van der Waals surface area contributed by atoms with Gasteiger partial charge in [-0.1, -0.05) is 22.0 Å². The van der Waals surface area contributed by atoms with Crippen molar-refractivity contribution in [2.45, 2.75) is 13.0 Å². The number of benzene rings is 1. The zero-order valence-electron chi connectivity index (χ0n) is 8.03. The van der Waals surface area contributed by atoms with Crippen LogP contribution in [0.3, 0.4) is 0 Å². The minimum atomic E-state index is -0.603. The van der Waals surface area contributed by atoms with Gasteiger partial charge in [0.1, 0.15) is 18.5 Å². The second kappa shape index (κ2) is 5.34. The average molecular weight is 260 g/mol. The highest BCUT2D eigenvalue weighted by Gasteiger charge is 2.04. The van der Waals surface area contributed by atoms with Gasteiger partial charge in [0.05, 0.1) is 0 Å². The molecule has 0 bridgehead atoms. The van der Waals surface area contributed by atoms with Crippen molar-refractivity contribution in [3.8, 4) is 5.75 Å². The van der Waals surface area contributed by atoms with E-state index in [4.69, 9.17) is 10.5 Å². The number of aliphatic hydroxyl groups excluding tert-OH is 1. The summed E-state index contributed by atoms with van der Waals surface area (Å²) in [7, 11) is 0. The smallest absolute Gasteiger partial charge is 0.123 e. The molecule has 0 fully saturated rings. The minimum Gasteiger partial charge on any atom is -0.491 e. The van der Waals surface area contributed by atoms with E-state index in [2.05, 4.69) is 15.9 Å². The molecule has 0 amide bonds. The number of aryl methyl sites for hydroxylation is 1. The van der Waals surface area contributed by atoms with E-state index in [1.807, 2.05) is 25.1 Å². The molecule has 0 aromatic heterocycles. The topological polar surface area (TPSA) is 55.5 Å². The predicted molar refractivity (Wildman–Crippen MR) is 59.4 cm³/mol. The summed E-state index contributed by atoms with van der Waals surface area (Å²) in [6.45, 7) is 2.40. The summed E-state index contributed by atoms with van der Waals surface area (Å²) < 4.78 is 6.37. The van der Waals surface area contributed by atoms with E-state index in [9.17, 15) is 5.11 Å². The van der Waals surface area contributed by atoms with Gasteiger partial charge in [0.25, 0.3) is 0 Å². The fourth-order valence-corrected chi connectivity index (χ4v) is 1.32. The highest BCUT2D eigenvalue weighted by atomic mass is 79.9. The van der Waals surface area contributed by atoms with Crippen molar-refractivity contribution in [1.82, 2.24) is 0 Å². The van der Waals surface area contributed by atoms with Crippen LogP contribution in [0.25, 0.3) is 0 Å². The van der Waals surface area contributed by atoms with Crippen LogP contribution in [-0.4, -0.2) is 24.4 Å². The molecule has 1 atom stereocenters. The van der Waals surface area contributed by atoms with Crippen LogP contribution in [0.15, 0.2) is 22.7 Å². The Kier molecular flexibility index (Phi) is 4.38. The molecule has 4 heteroatoms. The van der Waals surface area contributed by atoms with Gasteiger partial charge in [0.2, 0.25) is 0 Å². The van der Waals surface area contributed by atoms with Gasteiger partial charge in [-0.2, -0.15) is 0 Å². The number of ether oxygens (including phenoxy) is 1. The Morgan fingerprint density at radius 1 is 1.57 bits per heavy atom. The number of hydrogen-bond donors (Lipinski definition) is 2. The molecule has 14 heavy (non-hydrogen) atoms. The first-order valence-corrected chi connectivity index (χ1v) is 5.20. The summed E-state index contributed by atoms with van der Waals surface area (Å²) in [6, 6.07) is 5.77. The van der Waals surface area contributed by atoms with Crippen LogP contribution in [0.2, 0.25) is 0 Å². The maximum absolute atomic E-state index is 9.22. The van der Waals surface area contributed by atoms with Crippen LogP contribution in [0.5, 0.6) is 5.75 Å². The quantitative estimate of drug-likeness (QED) is 0.861. The normalized spacial score (nSPS) is 12.6. The standard InChI is InChI=1S/C10H14BrNO2/c1-7-2-3-8(11)4-10(7)14-6-9(13)5-12/h2-4,9,13H,5-6,12H2,1H3. The molecular formula is C10H14BrNO2.